The Morgan fingerprint density at radius 2 is 2.06 bits per heavy atom. The highest BCUT2D eigenvalue weighted by Crippen LogP contribution is 2.40. The standard InChI is InChI=1S/C12H14N2O2S/c1-2-12(6-4-3-5-7-12)8-9(15)13-11(17)14-10(8)16/h2,4,6,8H,1,3,5,7H2,(H2,13,14,15,16,17). The molecule has 1 heterocycles. The molecule has 0 aromatic rings. The van der Waals surface area contributed by atoms with Gasteiger partial charge in [0.05, 0.1) is 0 Å². The summed E-state index contributed by atoms with van der Waals surface area (Å²) < 4.78 is 0. The van der Waals surface area contributed by atoms with E-state index in [1.165, 1.54) is 0 Å². The number of rotatable bonds is 2. The van der Waals surface area contributed by atoms with E-state index in [4.69, 9.17) is 12.2 Å². The Morgan fingerprint density at radius 1 is 1.41 bits per heavy atom. The predicted molar refractivity (Wildman–Crippen MR) is 68.0 cm³/mol. The summed E-state index contributed by atoms with van der Waals surface area (Å²) in [4.78, 5) is 23.9. The molecule has 0 aromatic heterocycles. The highest BCUT2D eigenvalue weighted by atomic mass is 32.1. The van der Waals surface area contributed by atoms with E-state index < -0.39 is 11.3 Å². The van der Waals surface area contributed by atoms with Crippen LogP contribution in [0.15, 0.2) is 24.8 Å². The minimum atomic E-state index is -0.775. The molecule has 2 N–H and O–H groups in total. The molecule has 17 heavy (non-hydrogen) atoms. The fourth-order valence-corrected chi connectivity index (χ4v) is 2.65. The summed E-state index contributed by atoms with van der Waals surface area (Å²) in [6, 6.07) is 0. The first-order chi connectivity index (χ1) is 8.09. The third-order valence-electron chi connectivity index (χ3n) is 3.32. The van der Waals surface area contributed by atoms with E-state index in [1.54, 1.807) is 6.08 Å². The lowest BCUT2D eigenvalue weighted by Gasteiger charge is -2.38. The van der Waals surface area contributed by atoms with E-state index in [9.17, 15) is 9.59 Å². The molecule has 0 bridgehead atoms. The van der Waals surface area contributed by atoms with E-state index >= 15 is 0 Å². The van der Waals surface area contributed by atoms with Gasteiger partial charge in [0.15, 0.2) is 5.11 Å². The van der Waals surface area contributed by atoms with Crippen LogP contribution in [0.1, 0.15) is 19.3 Å². The van der Waals surface area contributed by atoms with Crippen LogP contribution < -0.4 is 10.6 Å². The topological polar surface area (TPSA) is 58.2 Å². The first-order valence-corrected chi connectivity index (χ1v) is 5.97. The average Bonchev–Trinajstić information content (AvgIpc) is 2.28. The van der Waals surface area contributed by atoms with Crippen molar-refractivity contribution in [1.82, 2.24) is 10.6 Å². The SMILES string of the molecule is C=CC1(C2C(=O)NC(=S)NC2=O)C=CCCC1. The second-order valence-corrected chi connectivity index (χ2v) is 4.76. The van der Waals surface area contributed by atoms with Gasteiger partial charge >= 0.3 is 0 Å². The predicted octanol–water partition coefficient (Wildman–Crippen LogP) is 1.05. The van der Waals surface area contributed by atoms with E-state index in [2.05, 4.69) is 17.2 Å². The van der Waals surface area contributed by atoms with Crippen molar-refractivity contribution in [3.05, 3.63) is 24.8 Å². The maximum Gasteiger partial charge on any atom is 0.239 e. The van der Waals surface area contributed by atoms with E-state index in [1.807, 2.05) is 12.2 Å². The Morgan fingerprint density at radius 3 is 2.53 bits per heavy atom. The number of thiocarbonyl (C=S) groups is 1. The van der Waals surface area contributed by atoms with Crippen LogP contribution in [0.4, 0.5) is 0 Å². The zero-order chi connectivity index (χ0) is 12.5. The molecular weight excluding hydrogens is 236 g/mol. The molecule has 1 atom stereocenters. The summed E-state index contributed by atoms with van der Waals surface area (Å²) in [6.45, 7) is 3.78. The first-order valence-electron chi connectivity index (χ1n) is 5.56. The lowest BCUT2D eigenvalue weighted by atomic mass is 9.68. The number of carbonyl (C=O) groups excluding carboxylic acids is 2. The molecule has 0 saturated carbocycles. The Balaban J connectivity index is 2.36. The zero-order valence-electron chi connectivity index (χ0n) is 9.36. The van der Waals surface area contributed by atoms with Crippen LogP contribution in [0.3, 0.4) is 0 Å². The zero-order valence-corrected chi connectivity index (χ0v) is 10.2. The van der Waals surface area contributed by atoms with Crippen LogP contribution >= 0.6 is 12.2 Å². The Labute approximate surface area is 105 Å². The summed E-state index contributed by atoms with van der Waals surface area (Å²) in [7, 11) is 0. The molecule has 1 fully saturated rings. The number of carbonyl (C=O) groups is 2. The number of hydrogen-bond acceptors (Lipinski definition) is 3. The number of hydrogen-bond donors (Lipinski definition) is 2. The second kappa shape index (κ2) is 4.41. The summed E-state index contributed by atoms with van der Waals surface area (Å²) in [5.74, 6) is -1.46. The van der Waals surface area contributed by atoms with Gasteiger partial charge in [0.25, 0.3) is 0 Å². The first kappa shape index (κ1) is 12.0. The van der Waals surface area contributed by atoms with Gasteiger partial charge < -0.3 is 10.6 Å². The normalized spacial score (nSPS) is 29.8. The minimum Gasteiger partial charge on any atom is -0.302 e. The Hall–Kier alpha value is -1.49. The molecule has 0 spiro atoms. The number of nitrogens with one attached hydrogen (secondary N) is 2. The van der Waals surface area contributed by atoms with Crippen LogP contribution in [0, 0.1) is 11.3 Å². The lowest BCUT2D eigenvalue weighted by Crippen LogP contribution is -2.59. The van der Waals surface area contributed by atoms with Gasteiger partial charge in [-0.25, -0.2) is 0 Å². The summed E-state index contributed by atoms with van der Waals surface area (Å²) >= 11 is 4.78. The molecule has 90 valence electrons. The molecule has 1 saturated heterocycles. The van der Waals surface area contributed by atoms with Crippen molar-refractivity contribution >= 4 is 29.1 Å². The highest BCUT2D eigenvalue weighted by Gasteiger charge is 2.46. The van der Waals surface area contributed by atoms with Crippen molar-refractivity contribution in [3.63, 3.8) is 0 Å². The molecule has 1 aliphatic carbocycles. The van der Waals surface area contributed by atoms with Gasteiger partial charge in [-0.15, -0.1) is 6.58 Å². The van der Waals surface area contributed by atoms with Crippen LogP contribution in [0.2, 0.25) is 0 Å². The lowest BCUT2D eigenvalue weighted by molar-refractivity contribution is -0.138. The molecule has 1 unspecified atom stereocenters. The van der Waals surface area contributed by atoms with Gasteiger partial charge in [0, 0.05) is 5.41 Å². The molecular formula is C12H14N2O2S. The minimum absolute atomic E-state index is 0.0789. The number of amides is 2. The molecule has 2 aliphatic rings. The fourth-order valence-electron chi connectivity index (χ4n) is 2.45. The second-order valence-electron chi connectivity index (χ2n) is 4.35. The molecule has 2 rings (SSSR count). The van der Waals surface area contributed by atoms with Crippen molar-refractivity contribution in [3.8, 4) is 0 Å². The van der Waals surface area contributed by atoms with Crippen molar-refractivity contribution < 1.29 is 9.59 Å². The van der Waals surface area contributed by atoms with Crippen LogP contribution in [-0.2, 0) is 9.59 Å². The van der Waals surface area contributed by atoms with Crippen LogP contribution in [0.5, 0.6) is 0 Å². The van der Waals surface area contributed by atoms with Crippen molar-refractivity contribution in [1.29, 1.82) is 0 Å². The van der Waals surface area contributed by atoms with Crippen molar-refractivity contribution in [2.45, 2.75) is 19.3 Å². The smallest absolute Gasteiger partial charge is 0.239 e. The third-order valence-corrected chi connectivity index (χ3v) is 3.53. The van der Waals surface area contributed by atoms with Gasteiger partial charge in [0.1, 0.15) is 5.92 Å². The summed E-state index contributed by atoms with van der Waals surface area (Å²) in [5, 5.41) is 5.07. The van der Waals surface area contributed by atoms with Gasteiger partial charge in [-0.1, -0.05) is 18.2 Å². The van der Waals surface area contributed by atoms with E-state index in [0.29, 0.717) is 0 Å². The Kier molecular flexibility index (Phi) is 3.11. The molecule has 2 amide bonds. The van der Waals surface area contributed by atoms with Crippen molar-refractivity contribution in [2.24, 2.45) is 11.3 Å². The van der Waals surface area contributed by atoms with Gasteiger partial charge in [0.2, 0.25) is 11.8 Å². The summed E-state index contributed by atoms with van der Waals surface area (Å²) in [6.07, 6.45) is 8.29. The maximum atomic E-state index is 11.9. The quantitative estimate of drug-likeness (QED) is 0.437. The van der Waals surface area contributed by atoms with E-state index in [0.717, 1.165) is 19.3 Å². The highest BCUT2D eigenvalue weighted by molar-refractivity contribution is 7.80. The molecule has 1 aliphatic heterocycles. The number of allylic oxidation sites excluding steroid dienone is 3. The molecule has 0 radical (unpaired) electrons. The van der Waals surface area contributed by atoms with Gasteiger partial charge in [-0.3, -0.25) is 9.59 Å². The monoisotopic (exact) mass is 250 g/mol. The van der Waals surface area contributed by atoms with Crippen LogP contribution in [-0.4, -0.2) is 16.9 Å². The third kappa shape index (κ3) is 2.02. The maximum absolute atomic E-state index is 11.9. The Bertz CT molecular complexity index is 410. The fraction of sp³-hybridized carbons (Fsp3) is 0.417. The molecule has 4 nitrogen and oxygen atoms in total. The molecule has 0 aromatic carbocycles. The largest absolute Gasteiger partial charge is 0.302 e. The van der Waals surface area contributed by atoms with E-state index in [-0.39, 0.29) is 16.9 Å². The average molecular weight is 250 g/mol. The van der Waals surface area contributed by atoms with Gasteiger partial charge in [-0.2, -0.15) is 0 Å². The van der Waals surface area contributed by atoms with Crippen molar-refractivity contribution in [2.75, 3.05) is 0 Å². The summed E-state index contributed by atoms with van der Waals surface area (Å²) in [5.41, 5.74) is -0.581. The molecule has 5 heteroatoms. The van der Waals surface area contributed by atoms with Crippen LogP contribution in [0.25, 0.3) is 0 Å². The van der Waals surface area contributed by atoms with Gasteiger partial charge in [-0.05, 0) is 31.5 Å².